The Morgan fingerprint density at radius 1 is 1.41 bits per heavy atom. The van der Waals surface area contributed by atoms with Crippen molar-refractivity contribution in [3.05, 3.63) is 23.0 Å². The Balaban J connectivity index is 1.80. The van der Waals surface area contributed by atoms with Gasteiger partial charge in [0.15, 0.2) is 5.11 Å². The molecular weight excluding hydrogens is 312 g/mol. The summed E-state index contributed by atoms with van der Waals surface area (Å²) < 4.78 is 27.6. The first-order valence-electron chi connectivity index (χ1n) is 6.92. The first-order valence-corrected chi connectivity index (χ1v) is 7.33. The molecule has 0 bridgehead atoms. The highest BCUT2D eigenvalue weighted by Crippen LogP contribution is 2.30. The summed E-state index contributed by atoms with van der Waals surface area (Å²) in [4.78, 5) is 15.4. The van der Waals surface area contributed by atoms with E-state index in [1.807, 2.05) is 4.90 Å². The summed E-state index contributed by atoms with van der Waals surface area (Å²) in [6.45, 7) is 0.234. The number of fused-ring (bicyclic) bond motifs is 1. The third-order valence-corrected chi connectivity index (χ3v) is 4.58. The molecule has 0 unspecified atom stereocenters. The van der Waals surface area contributed by atoms with Gasteiger partial charge < -0.3 is 19.8 Å². The van der Waals surface area contributed by atoms with Gasteiger partial charge in [-0.25, -0.2) is 14.6 Å². The van der Waals surface area contributed by atoms with Crippen LogP contribution in [0.3, 0.4) is 0 Å². The number of thiocarbonyl (C=S) groups is 1. The van der Waals surface area contributed by atoms with E-state index >= 15 is 0 Å². The molecule has 120 valence electrons. The van der Waals surface area contributed by atoms with Crippen molar-refractivity contribution in [2.24, 2.45) is 12.9 Å². The standard InChI is InChI=1S/C13H17F2N5OS/c1-18-9(11(21)20-6-13(14,15)7-20)4-8-2-3-19(5-10(8)18)12(22)17-16/h4H,2-3,5-7,16H2,1H3,(H,17,22). The number of aromatic nitrogens is 1. The number of halogens is 2. The predicted molar refractivity (Wildman–Crippen MR) is 80.3 cm³/mol. The minimum absolute atomic E-state index is 0.353. The van der Waals surface area contributed by atoms with Crippen molar-refractivity contribution >= 4 is 23.2 Å². The maximum Gasteiger partial charge on any atom is 0.282 e. The molecule has 3 heterocycles. The lowest BCUT2D eigenvalue weighted by Crippen LogP contribution is -2.58. The molecule has 0 saturated carbocycles. The first-order chi connectivity index (χ1) is 10.3. The van der Waals surface area contributed by atoms with Gasteiger partial charge in [0.25, 0.3) is 11.8 Å². The van der Waals surface area contributed by atoms with Crippen molar-refractivity contribution in [3.63, 3.8) is 0 Å². The molecule has 0 aromatic carbocycles. The van der Waals surface area contributed by atoms with Crippen LogP contribution in [0.1, 0.15) is 21.7 Å². The van der Waals surface area contributed by atoms with Crippen LogP contribution in [0.4, 0.5) is 8.78 Å². The molecule has 9 heteroatoms. The topological polar surface area (TPSA) is 66.5 Å². The zero-order chi connectivity index (χ0) is 16.1. The third-order valence-electron chi connectivity index (χ3n) is 4.20. The van der Waals surface area contributed by atoms with Gasteiger partial charge in [-0.05, 0) is 30.3 Å². The Hall–Kier alpha value is -1.74. The van der Waals surface area contributed by atoms with Gasteiger partial charge in [-0.2, -0.15) is 0 Å². The minimum Gasteiger partial charge on any atom is -0.342 e. The van der Waals surface area contributed by atoms with Crippen LogP contribution in [0.25, 0.3) is 0 Å². The number of hydrogen-bond acceptors (Lipinski definition) is 3. The molecule has 3 N–H and O–H groups in total. The summed E-state index contributed by atoms with van der Waals surface area (Å²) in [6.07, 6.45) is 0.731. The summed E-state index contributed by atoms with van der Waals surface area (Å²) in [6, 6.07) is 1.80. The summed E-state index contributed by atoms with van der Waals surface area (Å²) >= 11 is 5.12. The molecule has 1 saturated heterocycles. The molecule has 6 nitrogen and oxygen atoms in total. The molecule has 1 fully saturated rings. The van der Waals surface area contributed by atoms with Crippen LogP contribution < -0.4 is 11.3 Å². The molecule has 22 heavy (non-hydrogen) atoms. The average molecular weight is 329 g/mol. The maximum absolute atomic E-state index is 12.9. The van der Waals surface area contributed by atoms with Crippen LogP contribution in [-0.4, -0.2) is 50.9 Å². The lowest BCUT2D eigenvalue weighted by molar-refractivity contribution is -0.113. The van der Waals surface area contributed by atoms with Crippen molar-refractivity contribution in [2.45, 2.75) is 18.9 Å². The van der Waals surface area contributed by atoms with Crippen molar-refractivity contribution in [1.29, 1.82) is 0 Å². The summed E-state index contributed by atoms with van der Waals surface area (Å²) in [7, 11) is 1.77. The van der Waals surface area contributed by atoms with Gasteiger partial charge in [0.05, 0.1) is 19.6 Å². The van der Waals surface area contributed by atoms with Crippen molar-refractivity contribution in [2.75, 3.05) is 19.6 Å². The second-order valence-corrected chi connectivity index (χ2v) is 6.09. The highest BCUT2D eigenvalue weighted by Gasteiger charge is 2.47. The fourth-order valence-electron chi connectivity index (χ4n) is 2.93. The van der Waals surface area contributed by atoms with Gasteiger partial charge in [-0.15, -0.1) is 0 Å². The molecule has 2 aliphatic rings. The number of carbonyl (C=O) groups is 1. The molecule has 0 spiro atoms. The molecular formula is C13H17F2N5OS. The lowest BCUT2D eigenvalue weighted by Gasteiger charge is -2.38. The highest BCUT2D eigenvalue weighted by atomic mass is 32.1. The minimum atomic E-state index is -2.75. The number of alkyl halides is 2. The number of nitrogens with two attached hydrogens (primary N) is 1. The fraction of sp³-hybridized carbons (Fsp3) is 0.538. The number of nitrogens with zero attached hydrogens (tertiary/aromatic N) is 3. The second kappa shape index (κ2) is 5.17. The van der Waals surface area contributed by atoms with Gasteiger partial charge >= 0.3 is 0 Å². The Morgan fingerprint density at radius 2 is 2.09 bits per heavy atom. The predicted octanol–water partition coefficient (Wildman–Crippen LogP) is 0.223. The van der Waals surface area contributed by atoms with Gasteiger partial charge in [0.2, 0.25) is 0 Å². The first kappa shape index (κ1) is 15.2. The van der Waals surface area contributed by atoms with Crippen LogP contribution in [0.15, 0.2) is 6.07 Å². The zero-order valence-electron chi connectivity index (χ0n) is 12.1. The maximum atomic E-state index is 12.9. The van der Waals surface area contributed by atoms with E-state index in [2.05, 4.69) is 5.43 Å². The van der Waals surface area contributed by atoms with Gasteiger partial charge in [-0.1, -0.05) is 0 Å². The number of nitrogens with one attached hydrogen (secondary N) is 1. The Bertz CT molecular complexity index is 637. The van der Waals surface area contributed by atoms with E-state index in [1.54, 1.807) is 17.7 Å². The lowest BCUT2D eigenvalue weighted by atomic mass is 10.1. The zero-order valence-corrected chi connectivity index (χ0v) is 12.9. The van der Waals surface area contributed by atoms with Crippen LogP contribution in [0.5, 0.6) is 0 Å². The van der Waals surface area contributed by atoms with Crippen LogP contribution in [-0.2, 0) is 20.0 Å². The molecule has 1 aromatic heterocycles. The Labute approximate surface area is 131 Å². The van der Waals surface area contributed by atoms with Crippen molar-refractivity contribution < 1.29 is 13.6 Å². The second-order valence-electron chi connectivity index (χ2n) is 5.70. The van der Waals surface area contributed by atoms with Gasteiger partial charge in [0, 0.05) is 19.3 Å². The van der Waals surface area contributed by atoms with E-state index in [1.165, 1.54) is 4.90 Å². The van der Waals surface area contributed by atoms with E-state index in [0.29, 0.717) is 23.9 Å². The van der Waals surface area contributed by atoms with Crippen LogP contribution in [0.2, 0.25) is 0 Å². The molecule has 2 aliphatic heterocycles. The molecule has 0 aliphatic carbocycles. The van der Waals surface area contributed by atoms with Crippen LogP contribution >= 0.6 is 12.2 Å². The molecule has 0 atom stereocenters. The van der Waals surface area contributed by atoms with E-state index in [-0.39, 0.29) is 5.91 Å². The molecule has 1 amide bonds. The number of hydrazine groups is 1. The third kappa shape index (κ3) is 2.44. The quantitative estimate of drug-likeness (QED) is 0.438. The SMILES string of the molecule is Cn1c(C(=O)N2CC(F)(F)C2)cc2c1CN(C(=S)NN)CC2. The molecule has 0 radical (unpaired) electrons. The largest absolute Gasteiger partial charge is 0.342 e. The number of likely N-dealkylation sites (tertiary alicyclic amines) is 1. The number of hydrogen-bond donors (Lipinski definition) is 2. The van der Waals surface area contributed by atoms with E-state index in [4.69, 9.17) is 18.1 Å². The van der Waals surface area contributed by atoms with Crippen LogP contribution in [0, 0.1) is 0 Å². The Kier molecular flexibility index (Phi) is 3.56. The molecule has 3 rings (SSSR count). The highest BCUT2D eigenvalue weighted by molar-refractivity contribution is 7.80. The van der Waals surface area contributed by atoms with Crippen molar-refractivity contribution in [3.8, 4) is 0 Å². The molecule has 1 aromatic rings. The van der Waals surface area contributed by atoms with E-state index in [9.17, 15) is 13.6 Å². The van der Waals surface area contributed by atoms with Crippen molar-refractivity contribution in [1.82, 2.24) is 19.8 Å². The van der Waals surface area contributed by atoms with E-state index < -0.39 is 19.0 Å². The monoisotopic (exact) mass is 329 g/mol. The van der Waals surface area contributed by atoms with E-state index in [0.717, 1.165) is 17.7 Å². The summed E-state index contributed by atoms with van der Waals surface area (Å²) in [5.74, 6) is 2.23. The van der Waals surface area contributed by atoms with Gasteiger partial charge in [-0.3, -0.25) is 4.79 Å². The number of carbonyl (C=O) groups excluding carboxylic acids is 1. The Morgan fingerprint density at radius 3 is 2.68 bits per heavy atom. The van der Waals surface area contributed by atoms with Gasteiger partial charge in [0.1, 0.15) is 5.69 Å². The number of amides is 1. The summed E-state index contributed by atoms with van der Waals surface area (Å²) in [5, 5.41) is 0.446. The average Bonchev–Trinajstić information content (AvgIpc) is 2.80. The normalized spacial score (nSPS) is 19.5. The number of rotatable bonds is 1. The fourth-order valence-corrected chi connectivity index (χ4v) is 3.09. The summed E-state index contributed by atoms with van der Waals surface area (Å²) in [5.41, 5.74) is 4.90. The smallest absolute Gasteiger partial charge is 0.282 e.